The Morgan fingerprint density at radius 1 is 1.22 bits per heavy atom. The molecule has 0 amide bonds. The fourth-order valence-electron chi connectivity index (χ4n) is 4.03. The van der Waals surface area contributed by atoms with E-state index in [-0.39, 0.29) is 11.8 Å². The Morgan fingerprint density at radius 2 is 1.84 bits per heavy atom. The van der Waals surface area contributed by atoms with Crippen LogP contribution >= 0.6 is 12.2 Å². The second-order valence-electron chi connectivity index (χ2n) is 9.64. The number of halogens is 3. The van der Waals surface area contributed by atoms with Gasteiger partial charge in [-0.3, -0.25) is 0 Å². The first-order valence-corrected chi connectivity index (χ1v) is 12.0. The van der Waals surface area contributed by atoms with Crippen LogP contribution < -0.4 is 14.5 Å². The Hall–Kier alpha value is -3.13. The van der Waals surface area contributed by atoms with Crippen LogP contribution in [0.25, 0.3) is 0 Å². The fraction of sp³-hybridized carbons (Fsp3) is 0.407. The topological polar surface area (TPSA) is 58.0 Å². The lowest BCUT2D eigenvalue weighted by Gasteiger charge is -2.42. The van der Waals surface area contributed by atoms with Crippen molar-refractivity contribution in [2.75, 3.05) is 30.1 Å². The van der Waals surface area contributed by atoms with Gasteiger partial charge in [0.25, 0.3) is 0 Å². The van der Waals surface area contributed by atoms with Gasteiger partial charge < -0.3 is 24.0 Å². The molecular formula is C27H30F3N3O3S. The van der Waals surface area contributed by atoms with Gasteiger partial charge in [0.15, 0.2) is 5.79 Å². The van der Waals surface area contributed by atoms with Crippen LogP contribution in [-0.2, 0) is 15.7 Å². The number of ether oxygens (including phenoxy) is 3. The molecule has 1 aliphatic heterocycles. The summed E-state index contributed by atoms with van der Waals surface area (Å²) < 4.78 is 57.6. The van der Waals surface area contributed by atoms with Crippen molar-refractivity contribution in [2.45, 2.75) is 51.3 Å². The average molecular weight is 534 g/mol. The van der Waals surface area contributed by atoms with E-state index in [1.807, 2.05) is 39.8 Å². The van der Waals surface area contributed by atoms with E-state index in [1.54, 1.807) is 35.0 Å². The van der Waals surface area contributed by atoms with Crippen molar-refractivity contribution in [3.05, 3.63) is 65.9 Å². The summed E-state index contributed by atoms with van der Waals surface area (Å²) in [6, 6.07) is 12.5. The minimum atomic E-state index is -4.66. The highest BCUT2D eigenvalue weighted by Gasteiger charge is 2.36. The maximum atomic E-state index is 13.5. The third-order valence-corrected chi connectivity index (χ3v) is 6.46. The molecule has 0 aromatic heterocycles. The van der Waals surface area contributed by atoms with Crippen LogP contribution in [0.1, 0.15) is 38.8 Å². The minimum Gasteiger partial charge on any atom is -0.491 e. The van der Waals surface area contributed by atoms with Gasteiger partial charge in [-0.15, -0.1) is 0 Å². The molecule has 1 fully saturated rings. The van der Waals surface area contributed by atoms with Crippen molar-refractivity contribution in [3.63, 3.8) is 0 Å². The molecule has 6 nitrogen and oxygen atoms in total. The van der Waals surface area contributed by atoms with E-state index >= 15 is 0 Å². The highest BCUT2D eigenvalue weighted by molar-refractivity contribution is 7.79. The number of likely N-dealkylation sites (N-methyl/N-ethyl adjacent to an activating group) is 1. The standard InChI is InChI=1S/C27H30F3N3O3S/c1-18(32(6)21-8-7-19(14-31)24(13-21)27(28,29)30)25(2,3)33(17-37)20-9-11-22(12-10-20)34-15-23-16-35-26(4,5)36-23/h7-13,17,23H,1,15-16H2,2-6H3. The molecule has 1 saturated heterocycles. The number of thiocarbonyl (C=S) groups is 1. The van der Waals surface area contributed by atoms with Gasteiger partial charge in [-0.25, -0.2) is 0 Å². The monoisotopic (exact) mass is 533 g/mol. The summed E-state index contributed by atoms with van der Waals surface area (Å²) in [4.78, 5) is 3.36. The van der Waals surface area contributed by atoms with Crippen LogP contribution in [0.15, 0.2) is 54.7 Å². The molecule has 0 spiro atoms. The number of rotatable bonds is 9. The molecule has 10 heteroatoms. The molecular weight excluding hydrogens is 503 g/mol. The van der Waals surface area contributed by atoms with Gasteiger partial charge >= 0.3 is 6.18 Å². The molecule has 0 bridgehead atoms. The first-order chi connectivity index (χ1) is 17.2. The van der Waals surface area contributed by atoms with Gasteiger partial charge in [0.2, 0.25) is 0 Å². The molecule has 0 aliphatic carbocycles. The van der Waals surface area contributed by atoms with Gasteiger partial charge in [-0.2, -0.15) is 18.4 Å². The molecule has 0 N–H and O–H groups in total. The first kappa shape index (κ1) is 28.4. The summed E-state index contributed by atoms with van der Waals surface area (Å²) in [6.45, 7) is 12.4. The van der Waals surface area contributed by atoms with Crippen molar-refractivity contribution < 1.29 is 27.4 Å². The summed E-state index contributed by atoms with van der Waals surface area (Å²) in [5.41, 5.74) is 0.719. The molecule has 0 saturated carbocycles. The smallest absolute Gasteiger partial charge is 0.417 e. The van der Waals surface area contributed by atoms with Crippen molar-refractivity contribution in [1.82, 2.24) is 0 Å². The number of benzene rings is 2. The third kappa shape index (κ3) is 6.42. The second kappa shape index (κ2) is 10.7. The van der Waals surface area contributed by atoms with E-state index in [2.05, 4.69) is 6.58 Å². The van der Waals surface area contributed by atoms with Crippen LogP contribution in [0.5, 0.6) is 5.75 Å². The highest BCUT2D eigenvalue weighted by atomic mass is 32.1. The number of nitriles is 1. The van der Waals surface area contributed by atoms with E-state index in [4.69, 9.17) is 31.7 Å². The van der Waals surface area contributed by atoms with E-state index in [1.165, 1.54) is 11.6 Å². The Bertz CT molecular complexity index is 1190. The maximum absolute atomic E-state index is 13.5. The SMILES string of the molecule is C=C(N(C)c1ccc(C#N)c(C(F)(F)F)c1)C(C)(C)N(C=S)c1ccc(OCC2COC(C)(C)O2)cc1. The maximum Gasteiger partial charge on any atom is 0.417 e. The van der Waals surface area contributed by atoms with Crippen molar-refractivity contribution in [2.24, 2.45) is 0 Å². The lowest BCUT2D eigenvalue weighted by atomic mass is 9.96. The predicted octanol–water partition coefficient (Wildman–Crippen LogP) is 6.30. The van der Waals surface area contributed by atoms with Gasteiger partial charge in [-0.05, 0) is 70.2 Å². The molecule has 2 aromatic carbocycles. The first-order valence-electron chi connectivity index (χ1n) is 11.5. The van der Waals surface area contributed by atoms with Gasteiger partial charge in [0.05, 0.1) is 34.8 Å². The van der Waals surface area contributed by atoms with Crippen molar-refractivity contribution >= 4 is 29.1 Å². The largest absolute Gasteiger partial charge is 0.491 e. The molecule has 0 radical (unpaired) electrons. The summed E-state index contributed by atoms with van der Waals surface area (Å²) >= 11 is 5.30. The summed E-state index contributed by atoms with van der Waals surface area (Å²) in [7, 11) is 1.63. The highest BCUT2D eigenvalue weighted by Crippen LogP contribution is 2.37. The van der Waals surface area contributed by atoms with Crippen molar-refractivity contribution in [3.8, 4) is 11.8 Å². The van der Waals surface area contributed by atoms with E-state index in [9.17, 15) is 13.2 Å². The molecule has 1 unspecified atom stereocenters. The van der Waals surface area contributed by atoms with Crippen LogP contribution in [-0.4, -0.2) is 43.2 Å². The Labute approximate surface area is 220 Å². The molecule has 3 rings (SSSR count). The minimum absolute atomic E-state index is 0.162. The van der Waals surface area contributed by atoms with Gasteiger partial charge in [0, 0.05) is 24.1 Å². The predicted molar refractivity (Wildman–Crippen MR) is 141 cm³/mol. The van der Waals surface area contributed by atoms with E-state index < -0.39 is 28.6 Å². The van der Waals surface area contributed by atoms with Crippen LogP contribution in [0, 0.1) is 11.3 Å². The quantitative estimate of drug-likeness (QED) is 0.351. The van der Waals surface area contributed by atoms with Crippen molar-refractivity contribution in [1.29, 1.82) is 5.26 Å². The number of nitrogens with zero attached hydrogens (tertiary/aromatic N) is 3. The van der Waals surface area contributed by atoms with E-state index in [0.29, 0.717) is 24.7 Å². The fourth-order valence-corrected chi connectivity index (χ4v) is 4.42. The lowest BCUT2D eigenvalue weighted by molar-refractivity contribution is -0.141. The molecule has 2 aromatic rings. The number of hydrogen-bond donors (Lipinski definition) is 0. The zero-order valence-corrected chi connectivity index (χ0v) is 22.2. The number of anilines is 2. The Morgan fingerprint density at radius 3 is 2.35 bits per heavy atom. The van der Waals surface area contributed by atoms with Crippen LogP contribution in [0.2, 0.25) is 0 Å². The average Bonchev–Trinajstić information content (AvgIpc) is 3.20. The zero-order chi connectivity index (χ0) is 27.6. The molecule has 198 valence electrons. The Kier molecular flexibility index (Phi) is 8.22. The second-order valence-corrected chi connectivity index (χ2v) is 9.85. The third-order valence-electron chi connectivity index (χ3n) is 6.25. The van der Waals surface area contributed by atoms with Gasteiger partial charge in [-0.1, -0.05) is 18.8 Å². The summed E-state index contributed by atoms with van der Waals surface area (Å²) in [6.07, 6.45) is -4.82. The van der Waals surface area contributed by atoms with Gasteiger partial charge in [0.1, 0.15) is 18.5 Å². The Balaban J connectivity index is 1.76. The van der Waals surface area contributed by atoms with Crippen LogP contribution in [0.4, 0.5) is 24.5 Å². The molecule has 1 aliphatic rings. The molecule has 1 heterocycles. The van der Waals surface area contributed by atoms with Crippen LogP contribution in [0.3, 0.4) is 0 Å². The normalized spacial score (nSPS) is 17.1. The number of alkyl halides is 3. The zero-order valence-electron chi connectivity index (χ0n) is 21.4. The molecule has 1 atom stereocenters. The summed E-state index contributed by atoms with van der Waals surface area (Å²) in [5.74, 6) is 0.0256. The lowest BCUT2D eigenvalue weighted by Crippen LogP contribution is -2.48. The van der Waals surface area contributed by atoms with E-state index in [0.717, 1.165) is 17.8 Å². The number of hydrogen-bond acceptors (Lipinski definition) is 6. The summed E-state index contributed by atoms with van der Waals surface area (Å²) in [5, 5.41) is 9.09. The molecule has 37 heavy (non-hydrogen) atoms.